The first-order chi connectivity index (χ1) is 13.8. The Hall–Kier alpha value is -2.87. The number of hydrogen-bond donors (Lipinski definition) is 4. The van der Waals surface area contributed by atoms with E-state index >= 15 is 0 Å². The van der Waals surface area contributed by atoms with Crippen molar-refractivity contribution in [3.05, 3.63) is 59.2 Å². The first-order valence-electron chi connectivity index (χ1n) is 9.68. The van der Waals surface area contributed by atoms with Crippen LogP contribution in [0.1, 0.15) is 36.5 Å². The molecule has 0 bridgehead atoms. The van der Waals surface area contributed by atoms with Gasteiger partial charge in [-0.15, -0.1) is 0 Å². The van der Waals surface area contributed by atoms with Gasteiger partial charge in [-0.05, 0) is 48.7 Å². The summed E-state index contributed by atoms with van der Waals surface area (Å²) in [6.07, 6.45) is 1.09. The van der Waals surface area contributed by atoms with Gasteiger partial charge < -0.3 is 26.4 Å². The van der Waals surface area contributed by atoms with Crippen molar-refractivity contribution in [1.29, 1.82) is 0 Å². The number of piperidine rings is 1. The summed E-state index contributed by atoms with van der Waals surface area (Å²) >= 11 is 0. The fraction of sp³-hybridized carbons (Fsp3) is 0.381. The molecular weight excluding hydrogens is 378 g/mol. The van der Waals surface area contributed by atoms with Crippen molar-refractivity contribution in [1.82, 2.24) is 10.2 Å². The number of fused-ring (bicyclic) bond motifs is 1. The summed E-state index contributed by atoms with van der Waals surface area (Å²) in [7, 11) is 0. The van der Waals surface area contributed by atoms with Crippen LogP contribution >= 0.6 is 0 Å². The van der Waals surface area contributed by atoms with E-state index in [4.69, 9.17) is 5.73 Å². The van der Waals surface area contributed by atoms with Crippen LogP contribution in [0, 0.1) is 11.6 Å². The number of carbonyl (C=O) groups is 1. The number of aliphatic hydroxyl groups is 1. The SMILES string of the molecule is Nc1ccc(CNC(=O)N2CCC3(CC2)C[C@H](O)c2cc(F)ccc2N3)cc1F. The summed E-state index contributed by atoms with van der Waals surface area (Å²) in [5, 5.41) is 16.8. The van der Waals surface area contributed by atoms with Crippen molar-refractivity contribution in [3.63, 3.8) is 0 Å². The number of anilines is 2. The highest BCUT2D eigenvalue weighted by Gasteiger charge is 2.41. The van der Waals surface area contributed by atoms with Gasteiger partial charge in [-0.3, -0.25) is 0 Å². The highest BCUT2D eigenvalue weighted by atomic mass is 19.1. The molecule has 154 valence electrons. The second kappa shape index (κ2) is 7.51. The number of amides is 2. The van der Waals surface area contributed by atoms with E-state index in [1.807, 2.05) is 0 Å². The Morgan fingerprint density at radius 2 is 2.00 bits per heavy atom. The van der Waals surface area contributed by atoms with Crippen LogP contribution in [-0.2, 0) is 6.54 Å². The summed E-state index contributed by atoms with van der Waals surface area (Å²) in [5.41, 5.74) is 7.18. The third-order valence-corrected chi connectivity index (χ3v) is 5.87. The van der Waals surface area contributed by atoms with Gasteiger partial charge in [0.15, 0.2) is 0 Å². The van der Waals surface area contributed by atoms with E-state index in [1.165, 1.54) is 24.3 Å². The quantitative estimate of drug-likeness (QED) is 0.581. The fourth-order valence-electron chi connectivity index (χ4n) is 4.18. The summed E-state index contributed by atoms with van der Waals surface area (Å²) in [6, 6.07) is 8.65. The topological polar surface area (TPSA) is 90.6 Å². The molecule has 2 aromatic carbocycles. The fourth-order valence-corrected chi connectivity index (χ4v) is 4.18. The van der Waals surface area contributed by atoms with Gasteiger partial charge in [-0.25, -0.2) is 13.6 Å². The predicted octanol–water partition coefficient (Wildman–Crippen LogP) is 3.14. The number of nitrogens with two attached hydrogens (primary N) is 1. The standard InChI is InChI=1S/C21H24F2N4O2/c22-14-2-4-18-15(10-14)19(28)11-21(26-18)5-7-27(8-6-21)20(29)25-12-13-1-3-17(24)16(23)9-13/h1-4,9-10,19,26,28H,5-8,11-12,24H2,(H,25,29)/t19-/m0/s1. The van der Waals surface area contributed by atoms with Crippen LogP contribution in [0.15, 0.2) is 36.4 Å². The Bertz CT molecular complexity index is 929. The summed E-state index contributed by atoms with van der Waals surface area (Å²) in [5.74, 6) is -0.869. The lowest BCUT2D eigenvalue weighted by molar-refractivity contribution is 0.0988. The van der Waals surface area contributed by atoms with Gasteiger partial charge in [-0.1, -0.05) is 6.07 Å². The van der Waals surface area contributed by atoms with Crippen molar-refractivity contribution in [2.24, 2.45) is 0 Å². The van der Waals surface area contributed by atoms with Crippen molar-refractivity contribution in [2.75, 3.05) is 24.1 Å². The van der Waals surface area contributed by atoms with Crippen LogP contribution in [0.5, 0.6) is 0 Å². The van der Waals surface area contributed by atoms with E-state index < -0.39 is 11.9 Å². The molecule has 2 aliphatic rings. The normalized spacial score (nSPS) is 20.1. The van der Waals surface area contributed by atoms with Crippen LogP contribution in [0.4, 0.5) is 25.0 Å². The maximum Gasteiger partial charge on any atom is 0.317 e. The molecule has 29 heavy (non-hydrogen) atoms. The molecule has 8 heteroatoms. The van der Waals surface area contributed by atoms with Gasteiger partial charge in [-0.2, -0.15) is 0 Å². The first kappa shape index (κ1) is 19.4. The molecule has 2 aliphatic heterocycles. The molecule has 0 aromatic heterocycles. The van der Waals surface area contributed by atoms with E-state index in [-0.39, 0.29) is 29.6 Å². The molecule has 5 N–H and O–H groups in total. The number of benzene rings is 2. The number of nitrogen functional groups attached to an aromatic ring is 1. The Morgan fingerprint density at radius 3 is 2.72 bits per heavy atom. The zero-order chi connectivity index (χ0) is 20.6. The number of nitrogens with zero attached hydrogens (tertiary/aromatic N) is 1. The lowest BCUT2D eigenvalue weighted by Gasteiger charge is -2.47. The highest BCUT2D eigenvalue weighted by Crippen LogP contribution is 2.42. The molecule has 2 heterocycles. The molecule has 0 unspecified atom stereocenters. The number of rotatable bonds is 2. The minimum absolute atomic E-state index is 0.0767. The summed E-state index contributed by atoms with van der Waals surface area (Å²) in [4.78, 5) is 14.2. The number of urea groups is 1. The zero-order valence-corrected chi connectivity index (χ0v) is 15.9. The van der Waals surface area contributed by atoms with E-state index in [1.54, 1.807) is 17.0 Å². The third kappa shape index (κ3) is 3.98. The molecule has 1 spiro atoms. The number of halogens is 2. The summed E-state index contributed by atoms with van der Waals surface area (Å²) in [6.45, 7) is 1.27. The van der Waals surface area contributed by atoms with Crippen LogP contribution in [0.2, 0.25) is 0 Å². The Kier molecular flexibility index (Phi) is 5.04. The van der Waals surface area contributed by atoms with Crippen LogP contribution in [0.25, 0.3) is 0 Å². The lowest BCUT2D eigenvalue weighted by Crippen LogP contribution is -2.54. The lowest BCUT2D eigenvalue weighted by atomic mass is 9.77. The number of carbonyl (C=O) groups excluding carboxylic acids is 1. The average Bonchev–Trinajstić information content (AvgIpc) is 2.70. The highest BCUT2D eigenvalue weighted by molar-refractivity contribution is 5.74. The molecule has 0 saturated carbocycles. The number of hydrogen-bond acceptors (Lipinski definition) is 4. The first-order valence-corrected chi connectivity index (χ1v) is 9.68. The van der Waals surface area contributed by atoms with Gasteiger partial charge in [0.1, 0.15) is 11.6 Å². The number of likely N-dealkylation sites (tertiary alicyclic amines) is 1. The maximum absolute atomic E-state index is 13.5. The Labute approximate surface area is 167 Å². The zero-order valence-electron chi connectivity index (χ0n) is 15.9. The van der Waals surface area contributed by atoms with E-state index in [9.17, 15) is 18.7 Å². The van der Waals surface area contributed by atoms with Gasteiger partial charge in [0, 0.05) is 42.8 Å². The number of nitrogens with one attached hydrogen (secondary N) is 2. The molecule has 4 rings (SSSR count). The molecule has 1 fully saturated rings. The van der Waals surface area contributed by atoms with Crippen LogP contribution in [-0.4, -0.2) is 34.7 Å². The Balaban J connectivity index is 1.35. The largest absolute Gasteiger partial charge is 0.396 e. The van der Waals surface area contributed by atoms with Crippen molar-refractivity contribution in [3.8, 4) is 0 Å². The van der Waals surface area contributed by atoms with E-state index in [0.29, 0.717) is 43.5 Å². The molecule has 2 aromatic rings. The second-order valence-corrected chi connectivity index (χ2v) is 7.86. The minimum atomic E-state index is -0.734. The minimum Gasteiger partial charge on any atom is -0.396 e. The van der Waals surface area contributed by atoms with Gasteiger partial charge in [0.2, 0.25) is 0 Å². The number of aliphatic hydroxyl groups excluding tert-OH is 1. The molecular formula is C21H24F2N4O2. The molecule has 1 atom stereocenters. The van der Waals surface area contributed by atoms with Gasteiger partial charge in [0.25, 0.3) is 0 Å². The monoisotopic (exact) mass is 402 g/mol. The second-order valence-electron chi connectivity index (χ2n) is 7.86. The third-order valence-electron chi connectivity index (χ3n) is 5.87. The summed E-state index contributed by atoms with van der Waals surface area (Å²) < 4.78 is 27.0. The van der Waals surface area contributed by atoms with Crippen molar-refractivity contribution in [2.45, 2.75) is 37.5 Å². The smallest absolute Gasteiger partial charge is 0.317 e. The molecule has 0 aliphatic carbocycles. The van der Waals surface area contributed by atoms with E-state index in [0.717, 1.165) is 5.69 Å². The molecule has 2 amide bonds. The Morgan fingerprint density at radius 1 is 1.24 bits per heavy atom. The molecule has 6 nitrogen and oxygen atoms in total. The van der Waals surface area contributed by atoms with Crippen molar-refractivity contribution < 1.29 is 18.7 Å². The maximum atomic E-state index is 13.5. The van der Waals surface area contributed by atoms with Gasteiger partial charge >= 0.3 is 6.03 Å². The van der Waals surface area contributed by atoms with Crippen LogP contribution in [0.3, 0.4) is 0 Å². The predicted molar refractivity (Wildman–Crippen MR) is 106 cm³/mol. The van der Waals surface area contributed by atoms with Crippen LogP contribution < -0.4 is 16.4 Å². The molecule has 0 radical (unpaired) electrons. The molecule has 1 saturated heterocycles. The average molecular weight is 402 g/mol. The van der Waals surface area contributed by atoms with Gasteiger partial charge in [0.05, 0.1) is 11.8 Å². The van der Waals surface area contributed by atoms with E-state index in [2.05, 4.69) is 10.6 Å². The van der Waals surface area contributed by atoms with Crippen molar-refractivity contribution >= 4 is 17.4 Å².